The molecule has 0 radical (unpaired) electrons. The second-order valence-electron chi connectivity index (χ2n) is 4.64. The fourth-order valence-corrected chi connectivity index (χ4v) is 1.74. The first-order chi connectivity index (χ1) is 9.69. The number of benzene rings is 1. The van der Waals surface area contributed by atoms with Crippen molar-refractivity contribution >= 4 is 24.0 Å². The Hall–Kier alpha value is -1.30. The molecule has 120 valence electrons. The number of amides is 1. The van der Waals surface area contributed by atoms with E-state index in [0.717, 1.165) is 6.42 Å². The van der Waals surface area contributed by atoms with Crippen molar-refractivity contribution in [1.29, 1.82) is 0 Å². The van der Waals surface area contributed by atoms with Gasteiger partial charge >= 0.3 is 0 Å². The summed E-state index contributed by atoms with van der Waals surface area (Å²) >= 11 is 0. The van der Waals surface area contributed by atoms with E-state index in [2.05, 4.69) is 10.6 Å². The summed E-state index contributed by atoms with van der Waals surface area (Å²) in [4.78, 5) is 12.0. The van der Waals surface area contributed by atoms with Gasteiger partial charge in [0, 0.05) is 32.6 Å². The normalized spacial score (nSPS) is 11.4. The molecule has 0 bridgehead atoms. The molecule has 0 spiro atoms. The average molecular weight is 317 g/mol. The number of nitrogens with one attached hydrogen (secondary N) is 2. The molecule has 0 aliphatic rings. The van der Waals surface area contributed by atoms with Crippen molar-refractivity contribution in [2.75, 3.05) is 39.2 Å². The molecular weight excluding hydrogens is 292 g/mol. The van der Waals surface area contributed by atoms with Gasteiger partial charge in [0.25, 0.3) is 0 Å². The van der Waals surface area contributed by atoms with Crippen LogP contribution in [0.15, 0.2) is 24.3 Å². The monoisotopic (exact) mass is 316 g/mol. The summed E-state index contributed by atoms with van der Waals surface area (Å²) < 4.78 is 10.6. The van der Waals surface area contributed by atoms with E-state index in [-0.39, 0.29) is 24.2 Å². The zero-order valence-electron chi connectivity index (χ0n) is 12.8. The van der Waals surface area contributed by atoms with Crippen LogP contribution in [0.1, 0.15) is 13.3 Å². The van der Waals surface area contributed by atoms with Gasteiger partial charge in [-0.05, 0) is 19.2 Å². The first kappa shape index (κ1) is 19.7. The Morgan fingerprint density at radius 3 is 2.67 bits per heavy atom. The van der Waals surface area contributed by atoms with Crippen LogP contribution in [0, 0.1) is 5.92 Å². The van der Waals surface area contributed by atoms with E-state index in [9.17, 15) is 4.79 Å². The summed E-state index contributed by atoms with van der Waals surface area (Å²) in [5.41, 5.74) is 0.706. The van der Waals surface area contributed by atoms with Gasteiger partial charge in [0.05, 0.1) is 12.3 Å². The topological polar surface area (TPSA) is 59.6 Å². The molecule has 1 aromatic carbocycles. The van der Waals surface area contributed by atoms with E-state index < -0.39 is 0 Å². The number of anilines is 1. The van der Waals surface area contributed by atoms with Crippen LogP contribution in [0.25, 0.3) is 0 Å². The van der Waals surface area contributed by atoms with Gasteiger partial charge in [-0.15, -0.1) is 12.4 Å². The molecule has 21 heavy (non-hydrogen) atoms. The third-order valence-corrected chi connectivity index (χ3v) is 2.85. The van der Waals surface area contributed by atoms with Gasteiger partial charge in [-0.3, -0.25) is 4.79 Å². The van der Waals surface area contributed by atoms with E-state index in [1.807, 2.05) is 38.2 Å². The van der Waals surface area contributed by atoms with Crippen molar-refractivity contribution in [3.05, 3.63) is 24.3 Å². The van der Waals surface area contributed by atoms with Crippen molar-refractivity contribution in [3.8, 4) is 5.75 Å². The van der Waals surface area contributed by atoms with Crippen LogP contribution in [0.2, 0.25) is 0 Å². The van der Waals surface area contributed by atoms with Crippen molar-refractivity contribution in [1.82, 2.24) is 5.32 Å². The van der Waals surface area contributed by atoms with Crippen molar-refractivity contribution in [2.24, 2.45) is 5.92 Å². The fraction of sp³-hybridized carbons (Fsp3) is 0.533. The molecule has 1 atom stereocenters. The van der Waals surface area contributed by atoms with Gasteiger partial charge < -0.3 is 20.1 Å². The molecule has 5 nitrogen and oxygen atoms in total. The Morgan fingerprint density at radius 2 is 2.00 bits per heavy atom. The largest absolute Gasteiger partial charge is 0.491 e. The smallest absolute Gasteiger partial charge is 0.228 e. The lowest BCUT2D eigenvalue weighted by atomic mass is 10.1. The van der Waals surface area contributed by atoms with Gasteiger partial charge in [0.15, 0.2) is 0 Å². The number of ether oxygens (including phenoxy) is 2. The standard InChI is InChI=1S/C15H24N2O3.ClH/c1-12(11-16-2)15(18)17-13-7-4-5-8-14(13)20-10-6-9-19-3;/h4-5,7-8,12,16H,6,9-11H2,1-3H3,(H,17,18);1H. The van der Waals surface area contributed by atoms with E-state index >= 15 is 0 Å². The van der Waals surface area contributed by atoms with Gasteiger partial charge in [0.1, 0.15) is 5.75 Å². The zero-order chi connectivity index (χ0) is 14.8. The van der Waals surface area contributed by atoms with E-state index in [4.69, 9.17) is 9.47 Å². The van der Waals surface area contributed by atoms with Crippen LogP contribution in [-0.2, 0) is 9.53 Å². The molecule has 0 aliphatic heterocycles. The van der Waals surface area contributed by atoms with Crippen molar-refractivity contribution in [2.45, 2.75) is 13.3 Å². The highest BCUT2D eigenvalue weighted by Gasteiger charge is 2.13. The molecule has 0 saturated heterocycles. The molecule has 6 heteroatoms. The molecule has 2 N–H and O–H groups in total. The molecule has 0 heterocycles. The van der Waals surface area contributed by atoms with E-state index in [1.54, 1.807) is 7.11 Å². The van der Waals surface area contributed by atoms with Crippen LogP contribution in [0.5, 0.6) is 5.75 Å². The minimum atomic E-state index is -0.0958. The summed E-state index contributed by atoms with van der Waals surface area (Å²) in [7, 11) is 3.49. The number of rotatable bonds is 9. The molecule has 1 amide bonds. The van der Waals surface area contributed by atoms with Gasteiger partial charge in [0.2, 0.25) is 5.91 Å². The SMILES string of the molecule is CNCC(C)C(=O)Nc1ccccc1OCCCOC.Cl. The number of halogens is 1. The van der Waals surface area contributed by atoms with Crippen LogP contribution in [0.4, 0.5) is 5.69 Å². The van der Waals surface area contributed by atoms with Gasteiger partial charge in [-0.25, -0.2) is 0 Å². The number of methoxy groups -OCH3 is 1. The Morgan fingerprint density at radius 1 is 1.29 bits per heavy atom. The highest BCUT2D eigenvalue weighted by Crippen LogP contribution is 2.24. The zero-order valence-corrected chi connectivity index (χ0v) is 13.7. The van der Waals surface area contributed by atoms with E-state index in [0.29, 0.717) is 31.2 Å². The minimum Gasteiger partial charge on any atom is -0.491 e. The highest BCUT2D eigenvalue weighted by molar-refractivity contribution is 5.93. The number of hydrogen-bond donors (Lipinski definition) is 2. The molecule has 0 fully saturated rings. The Kier molecular flexibility index (Phi) is 10.7. The van der Waals surface area contributed by atoms with Crippen molar-refractivity contribution in [3.63, 3.8) is 0 Å². The average Bonchev–Trinajstić information content (AvgIpc) is 2.45. The first-order valence-corrected chi connectivity index (χ1v) is 6.85. The number of carbonyl (C=O) groups is 1. The second-order valence-corrected chi connectivity index (χ2v) is 4.64. The molecule has 0 saturated carbocycles. The van der Waals surface area contributed by atoms with Crippen molar-refractivity contribution < 1.29 is 14.3 Å². The van der Waals surface area contributed by atoms with Crippen LogP contribution in [-0.4, -0.2) is 39.8 Å². The third kappa shape index (κ3) is 7.32. The van der Waals surface area contributed by atoms with Crippen LogP contribution < -0.4 is 15.4 Å². The molecule has 1 unspecified atom stereocenters. The lowest BCUT2D eigenvalue weighted by Gasteiger charge is -2.15. The minimum absolute atomic E-state index is 0. The molecule has 0 aliphatic carbocycles. The van der Waals surface area contributed by atoms with Gasteiger partial charge in [-0.2, -0.15) is 0 Å². The predicted molar refractivity (Wildman–Crippen MR) is 87.4 cm³/mol. The summed E-state index contributed by atoms with van der Waals surface area (Å²) in [5, 5.41) is 5.89. The molecule has 0 aromatic heterocycles. The molecule has 1 aromatic rings. The molecular formula is C15H25ClN2O3. The quantitative estimate of drug-likeness (QED) is 0.686. The number of para-hydroxylation sites is 2. The first-order valence-electron chi connectivity index (χ1n) is 6.85. The summed E-state index contributed by atoms with van der Waals surface area (Å²) in [6.45, 7) is 3.75. The summed E-state index contributed by atoms with van der Waals surface area (Å²) in [5.74, 6) is 0.572. The lowest BCUT2D eigenvalue weighted by Crippen LogP contribution is -2.28. The maximum Gasteiger partial charge on any atom is 0.228 e. The third-order valence-electron chi connectivity index (χ3n) is 2.85. The maximum atomic E-state index is 12.0. The van der Waals surface area contributed by atoms with Crippen LogP contribution in [0.3, 0.4) is 0 Å². The number of carbonyl (C=O) groups excluding carboxylic acids is 1. The highest BCUT2D eigenvalue weighted by atomic mass is 35.5. The lowest BCUT2D eigenvalue weighted by molar-refractivity contribution is -0.119. The maximum absolute atomic E-state index is 12.0. The van der Waals surface area contributed by atoms with Gasteiger partial charge in [-0.1, -0.05) is 19.1 Å². The number of hydrogen-bond acceptors (Lipinski definition) is 4. The summed E-state index contributed by atoms with van der Waals surface area (Å²) in [6.07, 6.45) is 0.814. The van der Waals surface area contributed by atoms with E-state index in [1.165, 1.54) is 0 Å². The molecule has 1 rings (SSSR count). The predicted octanol–water partition coefficient (Wildman–Crippen LogP) is 2.32. The summed E-state index contributed by atoms with van der Waals surface area (Å²) in [6, 6.07) is 7.46. The Balaban J connectivity index is 0.00000400. The Bertz CT molecular complexity index is 416. The fourth-order valence-electron chi connectivity index (χ4n) is 1.74. The Labute approximate surface area is 132 Å². The van der Waals surface area contributed by atoms with Crippen LogP contribution >= 0.6 is 12.4 Å². The second kappa shape index (κ2) is 11.4.